The number of hydrogen-bond acceptors (Lipinski definition) is 6. The van der Waals surface area contributed by atoms with E-state index in [4.69, 9.17) is 4.42 Å². The first-order valence-electron chi connectivity index (χ1n) is 9.95. The number of benzene rings is 2. The van der Waals surface area contributed by atoms with Crippen molar-refractivity contribution >= 4 is 15.7 Å². The molecular weight excluding hydrogens is 405 g/mol. The number of piperazine rings is 1. The maximum Gasteiger partial charge on any atom is 0.236 e. The molecule has 1 aromatic heterocycles. The lowest BCUT2D eigenvalue weighted by atomic mass is 10.1. The van der Waals surface area contributed by atoms with Crippen molar-refractivity contribution in [3.05, 3.63) is 59.9 Å². The number of sulfone groups is 1. The van der Waals surface area contributed by atoms with Gasteiger partial charge in [-0.3, -0.25) is 0 Å². The van der Waals surface area contributed by atoms with Gasteiger partial charge in [-0.15, -0.1) is 0 Å². The van der Waals surface area contributed by atoms with Crippen LogP contribution in [-0.2, 0) is 9.84 Å². The molecule has 2 heterocycles. The largest absolute Gasteiger partial charge is 0.419 e. The number of nitrogens with zero attached hydrogens (tertiary/aromatic N) is 3. The predicted octanol–water partition coefficient (Wildman–Crippen LogP) is 3.76. The highest BCUT2D eigenvalue weighted by Gasteiger charge is 2.33. The molecule has 6 nitrogen and oxygen atoms in total. The molecule has 0 bridgehead atoms. The third-order valence-electron chi connectivity index (χ3n) is 5.44. The second-order valence-electron chi connectivity index (χ2n) is 7.32. The molecule has 1 saturated heterocycles. The van der Waals surface area contributed by atoms with Crippen LogP contribution in [0.2, 0.25) is 0 Å². The van der Waals surface area contributed by atoms with Crippen molar-refractivity contribution in [1.29, 1.82) is 0 Å². The zero-order valence-electron chi connectivity index (χ0n) is 17.0. The van der Waals surface area contributed by atoms with Crippen molar-refractivity contribution in [1.82, 2.24) is 9.88 Å². The van der Waals surface area contributed by atoms with Gasteiger partial charge in [0, 0.05) is 31.7 Å². The summed E-state index contributed by atoms with van der Waals surface area (Å²) in [6, 6.07) is 12.3. The zero-order chi connectivity index (χ0) is 21.3. The van der Waals surface area contributed by atoms with Crippen LogP contribution in [0, 0.1) is 12.7 Å². The topological polar surface area (TPSA) is 66.7 Å². The summed E-state index contributed by atoms with van der Waals surface area (Å²) in [6.07, 6.45) is 0. The highest BCUT2D eigenvalue weighted by atomic mass is 32.2. The Morgan fingerprint density at radius 2 is 1.70 bits per heavy atom. The van der Waals surface area contributed by atoms with Crippen molar-refractivity contribution in [2.45, 2.75) is 23.8 Å². The minimum absolute atomic E-state index is 0.0121. The Bertz CT molecular complexity index is 1130. The van der Waals surface area contributed by atoms with Gasteiger partial charge in [0.2, 0.25) is 26.6 Å². The third-order valence-corrected chi connectivity index (χ3v) is 7.11. The molecule has 0 amide bonds. The van der Waals surface area contributed by atoms with Crippen LogP contribution in [0.15, 0.2) is 62.9 Å². The molecule has 1 fully saturated rings. The SMILES string of the molecule is CCN1CCN(c2oc(-c3ccccc3C)nc2S(=O)(=O)c2ccc(F)cc2)CC1. The van der Waals surface area contributed by atoms with E-state index in [0.29, 0.717) is 13.1 Å². The van der Waals surface area contributed by atoms with Gasteiger partial charge < -0.3 is 14.2 Å². The second kappa shape index (κ2) is 8.20. The fourth-order valence-electron chi connectivity index (χ4n) is 3.59. The van der Waals surface area contributed by atoms with E-state index in [1.165, 1.54) is 12.1 Å². The number of likely N-dealkylation sites (N-methyl/N-ethyl adjacent to an activating group) is 1. The fourth-order valence-corrected chi connectivity index (χ4v) is 4.91. The van der Waals surface area contributed by atoms with Crippen LogP contribution in [-0.4, -0.2) is 51.0 Å². The van der Waals surface area contributed by atoms with Crippen molar-refractivity contribution in [3.63, 3.8) is 0 Å². The smallest absolute Gasteiger partial charge is 0.236 e. The number of halogens is 1. The van der Waals surface area contributed by atoms with E-state index in [-0.39, 0.29) is 21.7 Å². The molecule has 0 unspecified atom stereocenters. The van der Waals surface area contributed by atoms with Crippen LogP contribution in [0.3, 0.4) is 0 Å². The summed E-state index contributed by atoms with van der Waals surface area (Å²) in [6.45, 7) is 7.88. The lowest BCUT2D eigenvalue weighted by Crippen LogP contribution is -2.46. The summed E-state index contributed by atoms with van der Waals surface area (Å²) in [5.41, 5.74) is 1.68. The molecule has 0 radical (unpaired) electrons. The van der Waals surface area contributed by atoms with E-state index in [1.807, 2.05) is 36.1 Å². The van der Waals surface area contributed by atoms with Gasteiger partial charge in [0.25, 0.3) is 0 Å². The molecule has 158 valence electrons. The summed E-state index contributed by atoms with van der Waals surface area (Å²) in [7, 11) is -3.98. The van der Waals surface area contributed by atoms with Gasteiger partial charge in [-0.25, -0.2) is 12.8 Å². The molecule has 4 rings (SSSR count). The Morgan fingerprint density at radius 1 is 1.03 bits per heavy atom. The first-order valence-corrected chi connectivity index (χ1v) is 11.4. The molecule has 30 heavy (non-hydrogen) atoms. The number of aryl methyl sites for hydroxylation is 1. The van der Waals surface area contributed by atoms with Gasteiger partial charge in [0.1, 0.15) is 5.82 Å². The minimum Gasteiger partial charge on any atom is -0.419 e. The standard InChI is InChI=1S/C22H24FN3O3S/c1-3-25-12-14-26(15-13-25)22-21(30(27,28)18-10-8-17(23)9-11-18)24-20(29-22)19-7-5-4-6-16(19)2/h4-11H,3,12-15H2,1-2H3. The van der Waals surface area contributed by atoms with E-state index < -0.39 is 15.7 Å². The van der Waals surface area contributed by atoms with E-state index in [1.54, 1.807) is 0 Å². The van der Waals surface area contributed by atoms with Gasteiger partial charge in [0.05, 0.1) is 4.90 Å². The molecule has 8 heteroatoms. The number of anilines is 1. The molecule has 0 atom stereocenters. The summed E-state index contributed by atoms with van der Waals surface area (Å²) < 4.78 is 46.2. The van der Waals surface area contributed by atoms with Crippen LogP contribution >= 0.6 is 0 Å². The highest BCUT2D eigenvalue weighted by Crippen LogP contribution is 2.36. The molecule has 1 aliphatic rings. The molecule has 0 aliphatic carbocycles. The second-order valence-corrected chi connectivity index (χ2v) is 9.19. The van der Waals surface area contributed by atoms with E-state index in [2.05, 4.69) is 16.8 Å². The van der Waals surface area contributed by atoms with Gasteiger partial charge in [-0.2, -0.15) is 4.98 Å². The first-order chi connectivity index (χ1) is 14.4. The maximum absolute atomic E-state index is 13.4. The van der Waals surface area contributed by atoms with Crippen molar-refractivity contribution in [3.8, 4) is 11.5 Å². The van der Waals surface area contributed by atoms with E-state index >= 15 is 0 Å². The number of oxazole rings is 1. The fraction of sp³-hybridized carbons (Fsp3) is 0.318. The van der Waals surface area contributed by atoms with Crippen molar-refractivity contribution in [2.75, 3.05) is 37.6 Å². The molecule has 0 spiro atoms. The average Bonchev–Trinajstić information content (AvgIpc) is 3.20. The first kappa shape index (κ1) is 20.6. The lowest BCUT2D eigenvalue weighted by molar-refractivity contribution is 0.266. The Kier molecular flexibility index (Phi) is 5.62. The van der Waals surface area contributed by atoms with Gasteiger partial charge in [-0.05, 0) is 49.4 Å². The molecule has 0 N–H and O–H groups in total. The van der Waals surface area contributed by atoms with Gasteiger partial charge >= 0.3 is 0 Å². The van der Waals surface area contributed by atoms with Crippen LogP contribution < -0.4 is 4.90 Å². The monoisotopic (exact) mass is 429 g/mol. The number of rotatable bonds is 5. The molecule has 2 aromatic carbocycles. The zero-order valence-corrected chi connectivity index (χ0v) is 17.8. The number of aromatic nitrogens is 1. The normalized spacial score (nSPS) is 15.5. The van der Waals surface area contributed by atoms with Crippen LogP contribution in [0.25, 0.3) is 11.5 Å². The van der Waals surface area contributed by atoms with Crippen molar-refractivity contribution < 1.29 is 17.2 Å². The van der Waals surface area contributed by atoms with Crippen molar-refractivity contribution in [2.24, 2.45) is 0 Å². The third kappa shape index (κ3) is 3.85. The Labute approximate surface area is 175 Å². The summed E-state index contributed by atoms with van der Waals surface area (Å²) >= 11 is 0. The van der Waals surface area contributed by atoms with Crippen LogP contribution in [0.5, 0.6) is 0 Å². The maximum atomic E-state index is 13.4. The van der Waals surface area contributed by atoms with Gasteiger partial charge in [-0.1, -0.05) is 25.1 Å². The molecule has 0 saturated carbocycles. The molecule has 3 aromatic rings. The minimum atomic E-state index is -3.98. The highest BCUT2D eigenvalue weighted by molar-refractivity contribution is 7.91. The number of hydrogen-bond donors (Lipinski definition) is 0. The van der Waals surface area contributed by atoms with Crippen LogP contribution in [0.4, 0.5) is 10.3 Å². The quantitative estimate of drug-likeness (QED) is 0.576. The van der Waals surface area contributed by atoms with E-state index in [9.17, 15) is 12.8 Å². The Hall–Kier alpha value is -2.71. The summed E-state index contributed by atoms with van der Waals surface area (Å²) in [5.74, 6) is 0.0145. The van der Waals surface area contributed by atoms with Gasteiger partial charge in [0.15, 0.2) is 0 Å². The molecule has 1 aliphatic heterocycles. The van der Waals surface area contributed by atoms with E-state index in [0.717, 1.165) is 42.9 Å². The Balaban J connectivity index is 1.82. The summed E-state index contributed by atoms with van der Waals surface area (Å²) in [4.78, 5) is 8.63. The Morgan fingerprint density at radius 3 is 2.33 bits per heavy atom. The average molecular weight is 430 g/mol. The lowest BCUT2D eigenvalue weighted by Gasteiger charge is -2.33. The predicted molar refractivity (Wildman–Crippen MR) is 113 cm³/mol. The molecular formula is C22H24FN3O3S. The summed E-state index contributed by atoms with van der Waals surface area (Å²) in [5, 5.41) is -0.127. The van der Waals surface area contributed by atoms with Crippen LogP contribution in [0.1, 0.15) is 12.5 Å².